The third-order valence-corrected chi connectivity index (χ3v) is 4.42. The van der Waals surface area contributed by atoms with Gasteiger partial charge in [0.15, 0.2) is 11.6 Å². The number of rotatable bonds is 6. The molecule has 2 aromatic rings. The van der Waals surface area contributed by atoms with E-state index in [1.165, 1.54) is 6.07 Å². The minimum Gasteiger partial charge on any atom is -0.466 e. The molecule has 2 aromatic carbocycles. The van der Waals surface area contributed by atoms with Gasteiger partial charge in [0.25, 0.3) is 0 Å². The van der Waals surface area contributed by atoms with Crippen LogP contribution in [0.5, 0.6) is 0 Å². The molecule has 0 aliphatic carbocycles. The normalized spacial score (nSPS) is 12.1. The fraction of sp³-hybridized carbons (Fsp3) is 0.381. The van der Waals surface area contributed by atoms with Crippen molar-refractivity contribution in [3.05, 3.63) is 58.2 Å². The zero-order valence-corrected chi connectivity index (χ0v) is 15.9. The van der Waals surface area contributed by atoms with Gasteiger partial charge in [-0.1, -0.05) is 17.7 Å². The number of esters is 1. The van der Waals surface area contributed by atoms with Crippen LogP contribution in [0.3, 0.4) is 0 Å². The summed E-state index contributed by atoms with van der Waals surface area (Å²) in [5.41, 5.74) is 4.69. The lowest BCUT2D eigenvalue weighted by Crippen LogP contribution is -2.22. The van der Waals surface area contributed by atoms with E-state index >= 15 is 0 Å². The maximum absolute atomic E-state index is 14.5. The summed E-state index contributed by atoms with van der Waals surface area (Å²) in [5, 5.41) is 2.89. The lowest BCUT2D eigenvalue weighted by atomic mass is 9.91. The predicted molar refractivity (Wildman–Crippen MR) is 99.1 cm³/mol. The molecule has 3 nitrogen and oxygen atoms in total. The van der Waals surface area contributed by atoms with Gasteiger partial charge in [-0.25, -0.2) is 8.78 Å². The molecule has 1 N–H and O–H groups in total. The third-order valence-electron chi connectivity index (χ3n) is 4.42. The summed E-state index contributed by atoms with van der Waals surface area (Å²) in [5.74, 6) is -2.33. The van der Waals surface area contributed by atoms with Crippen molar-refractivity contribution in [3.63, 3.8) is 0 Å². The first-order chi connectivity index (χ1) is 12.3. The third kappa shape index (κ3) is 4.28. The molecule has 1 unspecified atom stereocenters. The molecule has 26 heavy (non-hydrogen) atoms. The van der Waals surface area contributed by atoms with Crippen LogP contribution in [0.2, 0.25) is 0 Å². The van der Waals surface area contributed by atoms with Crippen molar-refractivity contribution in [3.8, 4) is 11.1 Å². The number of carbonyl (C=O) groups excluding carboxylic acids is 1. The van der Waals surface area contributed by atoms with E-state index in [0.717, 1.165) is 22.3 Å². The Morgan fingerprint density at radius 1 is 1.12 bits per heavy atom. The fourth-order valence-corrected chi connectivity index (χ4v) is 3.40. The minimum atomic E-state index is -0.945. The Morgan fingerprint density at radius 2 is 1.73 bits per heavy atom. The summed E-state index contributed by atoms with van der Waals surface area (Å²) in [4.78, 5) is 11.8. The number of halogens is 2. The fourth-order valence-electron chi connectivity index (χ4n) is 3.40. The standard InChI is InChI=1S/C21H25F2NO2/c1-6-26-19(25)11-18(24-5)16-9-15(10-17(22)21(16)23)20-13(3)7-12(2)8-14(20)4/h7-10,18,24H,6,11H2,1-5H3. The van der Waals surface area contributed by atoms with Crippen molar-refractivity contribution in [2.24, 2.45) is 0 Å². The molecule has 0 heterocycles. The largest absolute Gasteiger partial charge is 0.466 e. The molecular weight excluding hydrogens is 336 g/mol. The lowest BCUT2D eigenvalue weighted by molar-refractivity contribution is -0.143. The maximum atomic E-state index is 14.5. The second-order valence-electron chi connectivity index (χ2n) is 6.49. The Morgan fingerprint density at radius 3 is 2.27 bits per heavy atom. The zero-order valence-electron chi connectivity index (χ0n) is 15.9. The molecule has 2 rings (SSSR count). The molecule has 0 radical (unpaired) electrons. The average Bonchev–Trinajstić information content (AvgIpc) is 2.55. The number of benzene rings is 2. The Hall–Kier alpha value is -2.27. The summed E-state index contributed by atoms with van der Waals surface area (Å²) in [6, 6.07) is 6.17. The van der Waals surface area contributed by atoms with E-state index in [1.807, 2.05) is 32.9 Å². The molecule has 0 amide bonds. The topological polar surface area (TPSA) is 38.3 Å². The van der Waals surface area contributed by atoms with E-state index in [1.54, 1.807) is 20.0 Å². The van der Waals surface area contributed by atoms with Crippen molar-refractivity contribution in [2.45, 2.75) is 40.2 Å². The highest BCUT2D eigenvalue weighted by Gasteiger charge is 2.23. The van der Waals surface area contributed by atoms with Gasteiger partial charge in [0.1, 0.15) is 0 Å². The Kier molecular flexibility index (Phi) is 6.48. The van der Waals surface area contributed by atoms with E-state index in [-0.39, 0.29) is 18.6 Å². The maximum Gasteiger partial charge on any atom is 0.307 e. The van der Waals surface area contributed by atoms with Gasteiger partial charge in [-0.2, -0.15) is 0 Å². The van der Waals surface area contributed by atoms with Crippen LogP contribution in [0.15, 0.2) is 24.3 Å². The Bertz CT molecular complexity index is 795. The Balaban J connectivity index is 2.54. The van der Waals surface area contributed by atoms with Gasteiger partial charge in [-0.05, 0) is 69.1 Å². The molecule has 0 bridgehead atoms. The quantitative estimate of drug-likeness (QED) is 0.753. The SMILES string of the molecule is CCOC(=O)CC(NC)c1cc(-c2c(C)cc(C)cc2C)cc(F)c1F. The van der Waals surface area contributed by atoms with Crippen molar-refractivity contribution in [1.29, 1.82) is 0 Å². The minimum absolute atomic E-state index is 0.0734. The first-order valence-electron chi connectivity index (χ1n) is 8.68. The molecule has 0 fully saturated rings. The predicted octanol–water partition coefficient (Wildman–Crippen LogP) is 4.77. The number of aryl methyl sites for hydroxylation is 3. The summed E-state index contributed by atoms with van der Waals surface area (Å²) in [7, 11) is 1.61. The van der Waals surface area contributed by atoms with Crippen molar-refractivity contribution in [2.75, 3.05) is 13.7 Å². The molecule has 5 heteroatoms. The van der Waals surface area contributed by atoms with Crippen molar-refractivity contribution in [1.82, 2.24) is 5.32 Å². The highest BCUT2D eigenvalue weighted by atomic mass is 19.2. The number of hydrogen-bond donors (Lipinski definition) is 1. The van der Waals surface area contributed by atoms with Gasteiger partial charge in [-0.3, -0.25) is 4.79 Å². The van der Waals surface area contributed by atoms with Gasteiger partial charge in [-0.15, -0.1) is 0 Å². The lowest BCUT2D eigenvalue weighted by Gasteiger charge is -2.19. The van der Waals surface area contributed by atoms with Crippen LogP contribution >= 0.6 is 0 Å². The number of hydrogen-bond acceptors (Lipinski definition) is 3. The van der Waals surface area contributed by atoms with Gasteiger partial charge in [0.2, 0.25) is 0 Å². The average molecular weight is 361 g/mol. The molecule has 0 aromatic heterocycles. The highest BCUT2D eigenvalue weighted by molar-refractivity contribution is 5.73. The molecule has 140 valence electrons. The van der Waals surface area contributed by atoms with E-state index in [2.05, 4.69) is 5.32 Å². The molecule has 1 atom stereocenters. The molecule has 0 aliphatic rings. The van der Waals surface area contributed by atoms with Crippen LogP contribution in [-0.2, 0) is 9.53 Å². The Labute approximate surface area is 153 Å². The zero-order chi connectivity index (χ0) is 19.4. The molecule has 0 saturated heterocycles. The van der Waals surface area contributed by atoms with Crippen LogP contribution in [0, 0.1) is 32.4 Å². The van der Waals surface area contributed by atoms with Gasteiger partial charge < -0.3 is 10.1 Å². The molecule has 0 aliphatic heterocycles. The molecule has 0 spiro atoms. The summed E-state index contributed by atoms with van der Waals surface area (Å²) in [6.45, 7) is 7.84. The van der Waals surface area contributed by atoms with E-state index in [9.17, 15) is 13.6 Å². The van der Waals surface area contributed by atoms with E-state index in [0.29, 0.717) is 5.56 Å². The number of carbonyl (C=O) groups is 1. The second kappa shape index (κ2) is 8.41. The smallest absolute Gasteiger partial charge is 0.307 e. The summed E-state index contributed by atoms with van der Waals surface area (Å²) >= 11 is 0. The monoisotopic (exact) mass is 361 g/mol. The van der Waals surface area contributed by atoms with Crippen LogP contribution < -0.4 is 5.32 Å². The van der Waals surface area contributed by atoms with Crippen molar-refractivity contribution < 1.29 is 18.3 Å². The van der Waals surface area contributed by atoms with Gasteiger partial charge >= 0.3 is 5.97 Å². The van der Waals surface area contributed by atoms with Crippen LogP contribution in [0.4, 0.5) is 8.78 Å². The van der Waals surface area contributed by atoms with Gasteiger partial charge in [0.05, 0.1) is 13.0 Å². The summed E-state index contributed by atoms with van der Waals surface area (Å²) in [6.07, 6.45) is -0.0734. The number of nitrogens with one attached hydrogen (secondary N) is 1. The number of ether oxygens (including phenoxy) is 1. The second-order valence-corrected chi connectivity index (χ2v) is 6.49. The van der Waals surface area contributed by atoms with E-state index < -0.39 is 23.6 Å². The molecular formula is C21H25F2NO2. The molecule has 0 saturated carbocycles. The first-order valence-corrected chi connectivity index (χ1v) is 8.68. The van der Waals surface area contributed by atoms with Gasteiger partial charge in [0, 0.05) is 11.6 Å². The van der Waals surface area contributed by atoms with Crippen molar-refractivity contribution >= 4 is 5.97 Å². The van der Waals surface area contributed by atoms with Crippen LogP contribution in [0.1, 0.15) is 41.6 Å². The first kappa shape index (κ1) is 20.0. The van der Waals surface area contributed by atoms with E-state index in [4.69, 9.17) is 4.74 Å². The van der Waals surface area contributed by atoms with Crippen LogP contribution in [0.25, 0.3) is 11.1 Å². The highest BCUT2D eigenvalue weighted by Crippen LogP contribution is 2.33. The van der Waals surface area contributed by atoms with Crippen LogP contribution in [-0.4, -0.2) is 19.6 Å². The summed E-state index contributed by atoms with van der Waals surface area (Å²) < 4.78 is 33.7.